The van der Waals surface area contributed by atoms with Crippen LogP contribution in [-0.4, -0.2) is 63.9 Å². The Bertz CT molecular complexity index is 70.1. The van der Waals surface area contributed by atoms with Crippen LogP contribution in [0.1, 0.15) is 0 Å². The maximum Gasteiger partial charge on any atom is 4.00 e. The quantitative estimate of drug-likeness (QED) is 0.287. The van der Waals surface area contributed by atoms with Crippen LogP contribution in [0.15, 0.2) is 0 Å². The van der Waals surface area contributed by atoms with Crippen molar-refractivity contribution in [2.75, 3.05) is 0 Å². The predicted octanol–water partition coefficient (Wildman–Crippen LogP) is -1.93. The van der Waals surface area contributed by atoms with Crippen LogP contribution in [0.5, 0.6) is 0 Å². The molecule has 0 unspecified atom stereocenters. The summed E-state index contributed by atoms with van der Waals surface area (Å²) >= 11 is 0. The molecule has 0 aromatic heterocycles. The van der Waals surface area contributed by atoms with Gasteiger partial charge in [0, 0.05) is 0 Å². The fourth-order valence-electron chi connectivity index (χ4n) is 0. The van der Waals surface area contributed by atoms with E-state index < -0.39 is 0 Å². The van der Waals surface area contributed by atoms with Gasteiger partial charge in [-0.3, -0.25) is 0 Å². The molecule has 0 heterocycles. The van der Waals surface area contributed by atoms with Gasteiger partial charge in [0.2, 0.25) is 0 Å². The normalized spacial score (nSPS) is 3.69. The van der Waals surface area contributed by atoms with Gasteiger partial charge < -0.3 is 39.6 Å². The summed E-state index contributed by atoms with van der Waals surface area (Å²) in [5.41, 5.74) is 0. The van der Waals surface area contributed by atoms with Gasteiger partial charge in [-0.15, -0.1) is 0 Å². The molecule has 13 heavy (non-hydrogen) atoms. The van der Waals surface area contributed by atoms with Gasteiger partial charge >= 0.3 is 17.6 Å². The van der Waals surface area contributed by atoms with E-state index in [2.05, 4.69) is 0 Å². The number of rotatable bonds is 0. The fraction of sp³-hybridized carbons (Fsp3) is 0. The van der Waals surface area contributed by atoms with Crippen molar-refractivity contribution in [3.05, 3.63) is 0 Å². The van der Waals surface area contributed by atoms with Gasteiger partial charge in [-0.1, -0.05) is 25.9 Å². The second kappa shape index (κ2) is 158. The molecule has 0 aliphatic rings. The van der Waals surface area contributed by atoms with E-state index in [-0.39, 0.29) is 17.6 Å². The van der Waals surface area contributed by atoms with E-state index in [1.165, 1.54) is 0 Å². The monoisotopic (exact) mass is 254 g/mol. The zero-order chi connectivity index (χ0) is 10.8. The minimum absolute atomic E-state index is 0. The Balaban J connectivity index is -0.0000000213. The van der Waals surface area contributed by atoms with Crippen molar-refractivity contribution in [1.82, 2.24) is 0 Å². The molecule has 8 nitrogen and oxygen atoms in total. The Kier molecular flexibility index (Phi) is 365. The van der Waals surface area contributed by atoms with E-state index in [9.17, 15) is 0 Å². The van der Waals surface area contributed by atoms with Gasteiger partial charge in [0.15, 0.2) is 0 Å². The molecule has 72 valence electrons. The van der Waals surface area contributed by atoms with E-state index in [0.29, 0.717) is 25.9 Å². The first-order valence-electron chi connectivity index (χ1n) is 1.71. The standard InChI is InChI=1S/4CHO2.Ge/c4*2-1-3;/h4*(H,2,3);/q4*-1;+4. The molecule has 4 N–H and O–H groups in total. The smallest absolute Gasteiger partial charge is 0.665 e. The zero-order valence-corrected chi connectivity index (χ0v) is 8.02. The first-order chi connectivity index (χ1) is 5.66. The molecule has 0 atom stereocenters. The van der Waals surface area contributed by atoms with Crippen LogP contribution in [0.25, 0.3) is 0 Å². The topological polar surface area (TPSA) is 149 Å². The van der Waals surface area contributed by atoms with E-state index in [1.807, 2.05) is 0 Å². The van der Waals surface area contributed by atoms with Crippen molar-refractivity contribution >= 4 is 43.5 Å². The second-order valence-electron chi connectivity index (χ2n) is 0.365. The van der Waals surface area contributed by atoms with Crippen LogP contribution in [0.2, 0.25) is 0 Å². The van der Waals surface area contributed by atoms with Crippen molar-refractivity contribution in [3.8, 4) is 0 Å². The summed E-state index contributed by atoms with van der Waals surface area (Å²) in [7, 11) is 0. The van der Waals surface area contributed by atoms with Gasteiger partial charge in [0.1, 0.15) is 0 Å². The van der Waals surface area contributed by atoms with E-state index in [4.69, 9.17) is 39.6 Å². The Morgan fingerprint density at radius 2 is 0.538 bits per heavy atom. The Morgan fingerprint density at radius 1 is 0.538 bits per heavy atom. The molecule has 0 saturated carbocycles. The first-order valence-corrected chi connectivity index (χ1v) is 1.71. The summed E-state index contributed by atoms with van der Waals surface area (Å²) in [6.45, 7) is 2.00. The molecule has 0 bridgehead atoms. The maximum atomic E-state index is 8.24. The third-order valence-corrected chi connectivity index (χ3v) is 0. The van der Waals surface area contributed by atoms with E-state index in [0.717, 1.165) is 0 Å². The first kappa shape index (κ1) is 30.1. The summed E-state index contributed by atoms with van der Waals surface area (Å²) in [6.07, 6.45) is 0. The van der Waals surface area contributed by atoms with Crippen molar-refractivity contribution in [2.45, 2.75) is 0 Å². The van der Waals surface area contributed by atoms with Crippen molar-refractivity contribution in [2.24, 2.45) is 0 Å². The van der Waals surface area contributed by atoms with Crippen molar-refractivity contribution in [1.29, 1.82) is 0 Å². The fourth-order valence-corrected chi connectivity index (χ4v) is 0. The molecule has 0 aromatic carbocycles. The van der Waals surface area contributed by atoms with Crippen LogP contribution < -0.4 is 0 Å². The molecule has 0 aromatic rings. The second-order valence-corrected chi connectivity index (χ2v) is 0.365. The van der Waals surface area contributed by atoms with Crippen LogP contribution in [0.4, 0.5) is 0 Å². The third kappa shape index (κ3) is 297. The van der Waals surface area contributed by atoms with Crippen LogP contribution in [0.3, 0.4) is 0 Å². The molecule has 0 rings (SSSR count). The molecular formula is C4H4GeO8. The van der Waals surface area contributed by atoms with Gasteiger partial charge in [0.05, 0.1) is 0 Å². The summed E-state index contributed by atoms with van der Waals surface area (Å²) in [6, 6.07) is 0. The van der Waals surface area contributed by atoms with Gasteiger partial charge in [-0.25, -0.2) is 0 Å². The molecule has 0 aliphatic heterocycles. The molecule has 0 radical (unpaired) electrons. The number of hydrogen-bond donors (Lipinski definition) is 4. The van der Waals surface area contributed by atoms with Gasteiger partial charge in [-0.2, -0.15) is 0 Å². The molecule has 0 amide bonds. The largest absolute Gasteiger partial charge is 4.00 e. The Labute approximate surface area is 83.8 Å². The van der Waals surface area contributed by atoms with E-state index >= 15 is 0 Å². The third-order valence-electron chi connectivity index (χ3n) is 0. The number of aliphatic hydroxyl groups excluding tert-OH is 4. The molecule has 0 saturated heterocycles. The summed E-state index contributed by atoms with van der Waals surface area (Å²) in [4.78, 5) is 32.9. The summed E-state index contributed by atoms with van der Waals surface area (Å²) in [5, 5.41) is 27.1. The summed E-state index contributed by atoms with van der Waals surface area (Å²) < 4.78 is 0. The minimum atomic E-state index is 0. The molecule has 0 fully saturated rings. The van der Waals surface area contributed by atoms with Crippen LogP contribution >= 0.6 is 0 Å². The molecule has 0 aliphatic carbocycles. The predicted molar refractivity (Wildman–Crippen MR) is 39.0 cm³/mol. The zero-order valence-electron chi connectivity index (χ0n) is 5.92. The van der Waals surface area contributed by atoms with E-state index in [1.54, 1.807) is 0 Å². The summed E-state index contributed by atoms with van der Waals surface area (Å²) in [5.74, 6) is 0. The Hall–Kier alpha value is -1.58. The average molecular weight is 253 g/mol. The SMILES string of the molecule is O=[C-]O.O=[C-]O.O=[C-]O.O=[C-]O.[Ge+4]. The van der Waals surface area contributed by atoms with Gasteiger partial charge in [0.25, 0.3) is 0 Å². The van der Waals surface area contributed by atoms with Crippen LogP contribution in [0, 0.1) is 0 Å². The molecule has 0 spiro atoms. The Morgan fingerprint density at radius 3 is 0.538 bits per heavy atom. The van der Waals surface area contributed by atoms with Crippen molar-refractivity contribution in [3.63, 3.8) is 0 Å². The minimum Gasteiger partial charge on any atom is -0.665 e. The number of hydrogen-bond acceptors (Lipinski definition) is 4. The van der Waals surface area contributed by atoms with Crippen molar-refractivity contribution < 1.29 is 39.6 Å². The molecule has 9 heteroatoms. The van der Waals surface area contributed by atoms with Gasteiger partial charge in [-0.05, 0) is 0 Å². The maximum absolute atomic E-state index is 8.24. The molecular weight excluding hydrogens is 249 g/mol. The average Bonchev–Trinajstić information content (AvgIpc) is 1.92. The van der Waals surface area contributed by atoms with Crippen LogP contribution in [-0.2, 0) is 19.2 Å².